The molecular weight excluding hydrogens is 1200 g/mol. The predicted octanol–water partition coefficient (Wildman–Crippen LogP) is 20.5. The first-order valence-electron chi connectivity index (χ1n) is 37.3. The zero-order valence-electron chi connectivity index (χ0n) is 59.5. The zero-order valence-corrected chi connectivity index (χ0v) is 61.3. The van der Waals surface area contributed by atoms with E-state index in [2.05, 4.69) is 55.4 Å². The maximum absolute atomic E-state index is 13.0. The highest BCUT2D eigenvalue weighted by Crippen LogP contribution is 2.45. The van der Waals surface area contributed by atoms with Gasteiger partial charge in [-0.3, -0.25) is 37.3 Å². The third kappa shape index (κ3) is 63.9. The Kier molecular flexibility index (Phi) is 60.3. The van der Waals surface area contributed by atoms with E-state index in [0.717, 1.165) is 114 Å². The van der Waals surface area contributed by atoms with E-state index in [1.54, 1.807) is 0 Å². The number of carbonyl (C=O) groups excluding carboxylic acids is 4. The number of hydrogen-bond acceptors (Lipinski definition) is 15. The summed E-state index contributed by atoms with van der Waals surface area (Å²) >= 11 is 0. The second-order valence-electron chi connectivity index (χ2n) is 27.4. The molecule has 91 heavy (non-hydrogen) atoms. The van der Waals surface area contributed by atoms with Crippen molar-refractivity contribution in [3.8, 4) is 0 Å². The van der Waals surface area contributed by atoms with E-state index in [4.69, 9.17) is 37.0 Å². The molecule has 0 aromatic rings. The van der Waals surface area contributed by atoms with Gasteiger partial charge in [-0.15, -0.1) is 0 Å². The predicted molar refractivity (Wildman–Crippen MR) is 367 cm³/mol. The summed E-state index contributed by atoms with van der Waals surface area (Å²) in [4.78, 5) is 72.7. The van der Waals surface area contributed by atoms with E-state index in [9.17, 15) is 43.2 Å². The molecule has 7 atom stereocenters. The molecule has 540 valence electrons. The molecule has 0 fully saturated rings. The smallest absolute Gasteiger partial charge is 0.462 e. The van der Waals surface area contributed by atoms with E-state index in [0.29, 0.717) is 25.7 Å². The van der Waals surface area contributed by atoms with Crippen molar-refractivity contribution in [1.82, 2.24) is 0 Å². The first-order valence-corrected chi connectivity index (χ1v) is 40.3. The molecule has 19 heteroatoms. The highest BCUT2D eigenvalue weighted by Gasteiger charge is 2.30. The standard InChI is InChI=1S/C72H140O17P2/c1-9-64(7)50-42-34-26-17-14-15-19-30-38-46-54-71(76)88-67(59-83-70(75)53-45-37-29-22-20-25-33-41-49-63(5)6)60-86-90(78,79)84-56-66(73)57-85-91(80,81)87-61-68(89-72(77)55-47-39-31-23-21-27-35-43-51-65(8)10-2)58-82-69(74)52-44-36-28-18-13-11-12-16-24-32-40-48-62(3)4/h62-68,73H,9-61H2,1-8H3,(H,78,79)(H,80,81)/t64?,65?,66?,67-,68-/m1/s1. The number of ether oxygens (including phenoxy) is 4. The molecule has 0 saturated carbocycles. The molecule has 0 radical (unpaired) electrons. The number of phosphoric acid groups is 2. The molecule has 17 nitrogen and oxygen atoms in total. The minimum Gasteiger partial charge on any atom is -0.462 e. The normalized spacial score (nSPS) is 14.8. The minimum atomic E-state index is -4.95. The van der Waals surface area contributed by atoms with Crippen LogP contribution in [0.2, 0.25) is 0 Å². The van der Waals surface area contributed by atoms with Crippen LogP contribution < -0.4 is 0 Å². The summed E-state index contributed by atoms with van der Waals surface area (Å²) < 4.78 is 68.4. The topological polar surface area (TPSA) is 237 Å². The first-order chi connectivity index (χ1) is 43.7. The minimum absolute atomic E-state index is 0.104. The first kappa shape index (κ1) is 89.1. The quantitative estimate of drug-likeness (QED) is 0.0222. The Morgan fingerprint density at radius 1 is 0.308 bits per heavy atom. The SMILES string of the molecule is CCC(C)CCCCCCCCCCCCC(=O)O[C@H](COC(=O)CCCCCCCCCCC(C)C)COP(=O)(O)OCC(O)COP(=O)(O)OC[C@@H](COC(=O)CCCCCCCCCCCCCC(C)C)OC(=O)CCCCCCCCCCC(C)CC. The molecule has 0 rings (SSSR count). The van der Waals surface area contributed by atoms with Gasteiger partial charge in [0.05, 0.1) is 26.4 Å². The van der Waals surface area contributed by atoms with E-state index in [1.807, 2.05) is 0 Å². The molecule has 0 amide bonds. The molecule has 0 aromatic carbocycles. The van der Waals surface area contributed by atoms with Gasteiger partial charge in [-0.2, -0.15) is 0 Å². The fourth-order valence-corrected chi connectivity index (χ4v) is 12.4. The molecular formula is C72H140O17P2. The largest absolute Gasteiger partial charge is 0.472 e. The van der Waals surface area contributed by atoms with Gasteiger partial charge in [0.25, 0.3) is 0 Å². The van der Waals surface area contributed by atoms with E-state index in [-0.39, 0.29) is 25.7 Å². The average Bonchev–Trinajstić information content (AvgIpc) is 3.55. The number of carbonyl (C=O) groups is 4. The molecule has 0 spiro atoms. The van der Waals surface area contributed by atoms with Crippen molar-refractivity contribution >= 4 is 39.5 Å². The van der Waals surface area contributed by atoms with Gasteiger partial charge < -0.3 is 33.8 Å². The Bertz CT molecular complexity index is 1800. The lowest BCUT2D eigenvalue weighted by atomic mass is 9.99. The van der Waals surface area contributed by atoms with Crippen molar-refractivity contribution in [2.75, 3.05) is 39.6 Å². The molecule has 0 aliphatic rings. The molecule has 0 aliphatic heterocycles. The van der Waals surface area contributed by atoms with Gasteiger partial charge in [0, 0.05) is 25.7 Å². The van der Waals surface area contributed by atoms with E-state index in [1.165, 1.54) is 161 Å². The molecule has 0 bridgehead atoms. The maximum Gasteiger partial charge on any atom is 0.472 e. The van der Waals surface area contributed by atoms with Crippen LogP contribution >= 0.6 is 15.6 Å². The summed E-state index contributed by atoms with van der Waals surface area (Å²) in [7, 11) is -9.91. The van der Waals surface area contributed by atoms with Crippen molar-refractivity contribution in [2.24, 2.45) is 23.7 Å². The Hall–Kier alpha value is -1.94. The fraction of sp³-hybridized carbons (Fsp3) is 0.944. The zero-order chi connectivity index (χ0) is 67.5. The number of esters is 4. The van der Waals surface area contributed by atoms with Crippen molar-refractivity contribution < 1.29 is 80.2 Å². The van der Waals surface area contributed by atoms with Crippen LogP contribution in [0.15, 0.2) is 0 Å². The van der Waals surface area contributed by atoms with Crippen molar-refractivity contribution in [3.63, 3.8) is 0 Å². The maximum atomic E-state index is 13.0. The fourth-order valence-electron chi connectivity index (χ4n) is 10.8. The number of unbranched alkanes of at least 4 members (excludes halogenated alkanes) is 33. The summed E-state index contributed by atoms with van der Waals surface area (Å²) in [6, 6.07) is 0. The highest BCUT2D eigenvalue weighted by atomic mass is 31.2. The summed E-state index contributed by atoms with van der Waals surface area (Å²) in [6.45, 7) is 14.2. The Balaban J connectivity index is 5.27. The third-order valence-corrected chi connectivity index (χ3v) is 19.2. The van der Waals surface area contributed by atoms with Crippen LogP contribution in [0.4, 0.5) is 0 Å². The van der Waals surface area contributed by atoms with Gasteiger partial charge in [0.2, 0.25) is 0 Å². The second-order valence-corrected chi connectivity index (χ2v) is 30.3. The molecule has 3 N–H and O–H groups in total. The highest BCUT2D eigenvalue weighted by molar-refractivity contribution is 7.47. The van der Waals surface area contributed by atoms with Crippen LogP contribution in [0.1, 0.15) is 357 Å². The Morgan fingerprint density at radius 2 is 0.527 bits per heavy atom. The Morgan fingerprint density at radius 3 is 0.780 bits per heavy atom. The van der Waals surface area contributed by atoms with Crippen LogP contribution in [0.3, 0.4) is 0 Å². The number of aliphatic hydroxyl groups is 1. The van der Waals surface area contributed by atoms with Crippen molar-refractivity contribution in [3.05, 3.63) is 0 Å². The number of rotatable bonds is 69. The van der Waals surface area contributed by atoms with E-state index >= 15 is 0 Å². The van der Waals surface area contributed by atoms with Crippen LogP contribution in [-0.2, 0) is 65.4 Å². The molecule has 0 heterocycles. The van der Waals surface area contributed by atoms with Gasteiger partial charge in [0.15, 0.2) is 12.2 Å². The molecule has 0 aromatic heterocycles. The number of phosphoric ester groups is 2. The van der Waals surface area contributed by atoms with Crippen molar-refractivity contribution in [2.45, 2.75) is 375 Å². The van der Waals surface area contributed by atoms with Gasteiger partial charge in [0.1, 0.15) is 19.3 Å². The molecule has 5 unspecified atom stereocenters. The second kappa shape index (κ2) is 61.6. The lowest BCUT2D eigenvalue weighted by Gasteiger charge is -2.21. The van der Waals surface area contributed by atoms with Crippen LogP contribution in [0.5, 0.6) is 0 Å². The summed E-state index contributed by atoms with van der Waals surface area (Å²) in [6.07, 6.45) is 44.3. The molecule has 0 saturated heterocycles. The third-order valence-electron chi connectivity index (χ3n) is 17.3. The van der Waals surface area contributed by atoms with Gasteiger partial charge >= 0.3 is 39.5 Å². The number of aliphatic hydroxyl groups excluding tert-OH is 1. The van der Waals surface area contributed by atoms with E-state index < -0.39 is 97.5 Å². The van der Waals surface area contributed by atoms with Gasteiger partial charge in [-0.05, 0) is 49.4 Å². The summed E-state index contributed by atoms with van der Waals surface area (Å²) in [5, 5.41) is 10.6. The van der Waals surface area contributed by atoms with Gasteiger partial charge in [-0.25, -0.2) is 9.13 Å². The van der Waals surface area contributed by atoms with Crippen LogP contribution in [0, 0.1) is 23.7 Å². The number of hydrogen-bond donors (Lipinski definition) is 3. The molecule has 0 aliphatic carbocycles. The van der Waals surface area contributed by atoms with Crippen molar-refractivity contribution in [1.29, 1.82) is 0 Å². The summed E-state index contributed by atoms with van der Waals surface area (Å²) in [5.74, 6) is 0.942. The van der Waals surface area contributed by atoms with Crippen LogP contribution in [-0.4, -0.2) is 96.7 Å². The average molecular weight is 1340 g/mol. The summed E-state index contributed by atoms with van der Waals surface area (Å²) in [5.41, 5.74) is 0. The van der Waals surface area contributed by atoms with Crippen LogP contribution in [0.25, 0.3) is 0 Å². The Labute approximate surface area is 556 Å². The van der Waals surface area contributed by atoms with Gasteiger partial charge in [-0.1, -0.05) is 306 Å². The lowest BCUT2D eigenvalue weighted by Crippen LogP contribution is -2.30. The lowest BCUT2D eigenvalue weighted by molar-refractivity contribution is -0.161. The monoisotopic (exact) mass is 1340 g/mol.